The first-order valence-corrected chi connectivity index (χ1v) is 6.29. The SMILES string of the molecule is Nc1cc(F)cc(C(=O)OCCc2cccs2)c1. The van der Waals surface area contributed by atoms with Crippen LogP contribution in [-0.4, -0.2) is 12.6 Å². The summed E-state index contributed by atoms with van der Waals surface area (Å²) in [7, 11) is 0. The summed E-state index contributed by atoms with van der Waals surface area (Å²) in [5.74, 6) is -1.10. The van der Waals surface area contributed by atoms with Gasteiger partial charge in [-0.15, -0.1) is 11.3 Å². The number of rotatable bonds is 4. The van der Waals surface area contributed by atoms with E-state index < -0.39 is 11.8 Å². The number of nitrogen functional groups attached to an aromatic ring is 1. The van der Waals surface area contributed by atoms with Crippen molar-refractivity contribution >= 4 is 23.0 Å². The highest BCUT2D eigenvalue weighted by Gasteiger charge is 2.09. The van der Waals surface area contributed by atoms with E-state index in [1.165, 1.54) is 6.07 Å². The van der Waals surface area contributed by atoms with Gasteiger partial charge in [-0.2, -0.15) is 0 Å². The average molecular weight is 265 g/mol. The van der Waals surface area contributed by atoms with E-state index in [1.54, 1.807) is 11.3 Å². The Balaban J connectivity index is 1.91. The molecule has 0 fully saturated rings. The van der Waals surface area contributed by atoms with Gasteiger partial charge in [0.1, 0.15) is 5.82 Å². The van der Waals surface area contributed by atoms with Crippen LogP contribution >= 0.6 is 11.3 Å². The summed E-state index contributed by atoms with van der Waals surface area (Å²) in [4.78, 5) is 12.8. The van der Waals surface area contributed by atoms with Gasteiger partial charge in [0.2, 0.25) is 0 Å². The molecule has 0 bridgehead atoms. The number of carbonyl (C=O) groups excluding carboxylic acids is 1. The van der Waals surface area contributed by atoms with Crippen LogP contribution < -0.4 is 5.73 Å². The van der Waals surface area contributed by atoms with Crippen LogP contribution in [0.1, 0.15) is 15.2 Å². The van der Waals surface area contributed by atoms with Crippen LogP contribution in [0.15, 0.2) is 35.7 Å². The number of hydrogen-bond donors (Lipinski definition) is 1. The molecule has 0 aliphatic carbocycles. The molecule has 3 nitrogen and oxygen atoms in total. The molecule has 5 heteroatoms. The topological polar surface area (TPSA) is 52.3 Å². The van der Waals surface area contributed by atoms with Gasteiger partial charge in [0.15, 0.2) is 0 Å². The molecule has 1 aromatic heterocycles. The molecule has 0 radical (unpaired) electrons. The van der Waals surface area contributed by atoms with Crippen LogP contribution in [0, 0.1) is 5.82 Å². The number of esters is 1. The Morgan fingerprint density at radius 2 is 2.22 bits per heavy atom. The Bertz CT molecular complexity index is 520. The normalized spacial score (nSPS) is 10.3. The molecule has 0 saturated heterocycles. The van der Waals surface area contributed by atoms with Crippen molar-refractivity contribution < 1.29 is 13.9 Å². The van der Waals surface area contributed by atoms with Crippen molar-refractivity contribution in [3.63, 3.8) is 0 Å². The van der Waals surface area contributed by atoms with Gasteiger partial charge in [0.05, 0.1) is 12.2 Å². The maximum absolute atomic E-state index is 13.0. The molecule has 2 N–H and O–H groups in total. The second-order valence-corrected chi connectivity index (χ2v) is 4.77. The second-order valence-electron chi connectivity index (χ2n) is 3.74. The van der Waals surface area contributed by atoms with Crippen molar-refractivity contribution in [1.82, 2.24) is 0 Å². The van der Waals surface area contributed by atoms with E-state index in [1.807, 2.05) is 17.5 Å². The van der Waals surface area contributed by atoms with Crippen LogP contribution in [0.4, 0.5) is 10.1 Å². The Labute approximate surface area is 108 Å². The Hall–Kier alpha value is -1.88. The van der Waals surface area contributed by atoms with E-state index in [0.717, 1.165) is 17.0 Å². The standard InChI is InChI=1S/C13H12FNO2S/c14-10-6-9(7-11(15)8-10)13(16)17-4-3-12-2-1-5-18-12/h1-2,5-8H,3-4,15H2. The lowest BCUT2D eigenvalue weighted by molar-refractivity contribution is 0.0509. The molecule has 0 saturated carbocycles. The number of anilines is 1. The van der Waals surface area contributed by atoms with Crippen molar-refractivity contribution in [3.05, 3.63) is 52.0 Å². The van der Waals surface area contributed by atoms with Crippen LogP contribution in [0.3, 0.4) is 0 Å². The van der Waals surface area contributed by atoms with Gasteiger partial charge < -0.3 is 10.5 Å². The zero-order chi connectivity index (χ0) is 13.0. The van der Waals surface area contributed by atoms with Gasteiger partial charge in [-0.3, -0.25) is 0 Å². The molecule has 1 aromatic carbocycles. The Morgan fingerprint density at radius 3 is 2.89 bits per heavy atom. The highest BCUT2D eigenvalue weighted by atomic mass is 32.1. The van der Waals surface area contributed by atoms with Crippen molar-refractivity contribution in [2.24, 2.45) is 0 Å². The van der Waals surface area contributed by atoms with Crippen LogP contribution in [0.25, 0.3) is 0 Å². The van der Waals surface area contributed by atoms with E-state index in [9.17, 15) is 9.18 Å². The molecule has 18 heavy (non-hydrogen) atoms. The summed E-state index contributed by atoms with van der Waals surface area (Å²) in [6.45, 7) is 0.274. The van der Waals surface area contributed by atoms with E-state index >= 15 is 0 Å². The maximum atomic E-state index is 13.0. The maximum Gasteiger partial charge on any atom is 0.338 e. The third-order valence-electron chi connectivity index (χ3n) is 2.32. The van der Waals surface area contributed by atoms with Crippen LogP contribution in [-0.2, 0) is 11.2 Å². The average Bonchev–Trinajstić information content (AvgIpc) is 2.80. The first kappa shape index (κ1) is 12.6. The number of benzene rings is 1. The lowest BCUT2D eigenvalue weighted by Gasteiger charge is -2.05. The Morgan fingerprint density at radius 1 is 1.39 bits per heavy atom. The number of carbonyl (C=O) groups is 1. The third kappa shape index (κ3) is 3.30. The van der Waals surface area contributed by atoms with Gasteiger partial charge in [-0.25, -0.2) is 9.18 Å². The quantitative estimate of drug-likeness (QED) is 0.683. The first-order chi connectivity index (χ1) is 8.65. The number of nitrogens with two attached hydrogens (primary N) is 1. The summed E-state index contributed by atoms with van der Waals surface area (Å²) in [6, 6.07) is 7.58. The molecule has 1 heterocycles. The zero-order valence-corrected chi connectivity index (χ0v) is 10.4. The van der Waals surface area contributed by atoms with Gasteiger partial charge >= 0.3 is 5.97 Å². The number of thiophene rings is 1. The predicted octanol–water partition coefficient (Wildman–Crippen LogP) is 2.87. The van der Waals surface area contributed by atoms with E-state index in [2.05, 4.69) is 0 Å². The van der Waals surface area contributed by atoms with Crippen molar-refractivity contribution in [2.45, 2.75) is 6.42 Å². The highest BCUT2D eigenvalue weighted by molar-refractivity contribution is 7.09. The van der Waals surface area contributed by atoms with Gasteiger partial charge in [-0.05, 0) is 29.6 Å². The van der Waals surface area contributed by atoms with Gasteiger partial charge in [0.25, 0.3) is 0 Å². The fraction of sp³-hybridized carbons (Fsp3) is 0.154. The summed E-state index contributed by atoms with van der Waals surface area (Å²) in [5, 5.41) is 1.96. The molecular weight excluding hydrogens is 253 g/mol. The minimum atomic E-state index is -0.558. The molecule has 0 aliphatic rings. The molecule has 2 rings (SSSR count). The fourth-order valence-electron chi connectivity index (χ4n) is 1.51. The Kier molecular flexibility index (Phi) is 3.94. The number of ether oxygens (including phenoxy) is 1. The molecule has 0 atom stereocenters. The minimum Gasteiger partial charge on any atom is -0.462 e. The van der Waals surface area contributed by atoms with Crippen molar-refractivity contribution in [1.29, 1.82) is 0 Å². The van der Waals surface area contributed by atoms with Crippen molar-refractivity contribution in [2.75, 3.05) is 12.3 Å². The summed E-state index contributed by atoms with van der Waals surface area (Å²) in [5.41, 5.74) is 5.80. The van der Waals surface area contributed by atoms with E-state index in [-0.39, 0.29) is 17.9 Å². The predicted molar refractivity (Wildman–Crippen MR) is 69.1 cm³/mol. The minimum absolute atomic E-state index is 0.138. The lowest BCUT2D eigenvalue weighted by atomic mass is 10.2. The van der Waals surface area contributed by atoms with Crippen molar-refractivity contribution in [3.8, 4) is 0 Å². The highest BCUT2D eigenvalue weighted by Crippen LogP contribution is 2.13. The number of halogens is 1. The second kappa shape index (κ2) is 5.64. The van der Waals surface area contributed by atoms with E-state index in [0.29, 0.717) is 6.42 Å². The molecule has 0 unspecified atom stereocenters. The van der Waals surface area contributed by atoms with E-state index in [4.69, 9.17) is 10.5 Å². The molecular formula is C13H12FNO2S. The van der Waals surface area contributed by atoms with Gasteiger partial charge in [-0.1, -0.05) is 6.07 Å². The zero-order valence-electron chi connectivity index (χ0n) is 9.56. The van der Waals surface area contributed by atoms with Crippen LogP contribution in [0.2, 0.25) is 0 Å². The summed E-state index contributed by atoms with van der Waals surface area (Å²) in [6.07, 6.45) is 0.661. The largest absolute Gasteiger partial charge is 0.462 e. The van der Waals surface area contributed by atoms with Crippen LogP contribution in [0.5, 0.6) is 0 Å². The molecule has 2 aromatic rings. The molecule has 0 amide bonds. The smallest absolute Gasteiger partial charge is 0.338 e. The third-order valence-corrected chi connectivity index (χ3v) is 3.25. The number of hydrogen-bond acceptors (Lipinski definition) is 4. The first-order valence-electron chi connectivity index (χ1n) is 5.41. The summed E-state index contributed by atoms with van der Waals surface area (Å²) >= 11 is 1.60. The molecule has 0 aliphatic heterocycles. The fourth-order valence-corrected chi connectivity index (χ4v) is 2.20. The molecule has 94 valence electrons. The summed E-state index contributed by atoms with van der Waals surface area (Å²) < 4.78 is 18.1. The van der Waals surface area contributed by atoms with Gasteiger partial charge in [0, 0.05) is 17.0 Å². The lowest BCUT2D eigenvalue weighted by Crippen LogP contribution is -2.08. The monoisotopic (exact) mass is 265 g/mol. The molecule has 0 spiro atoms.